The summed E-state index contributed by atoms with van der Waals surface area (Å²) in [6.07, 6.45) is 5.68. The van der Waals surface area contributed by atoms with E-state index in [1.54, 1.807) is 7.11 Å². The highest BCUT2D eigenvalue weighted by Gasteiger charge is 2.31. The minimum Gasteiger partial charge on any atom is -0.393 e. The Balaban J connectivity index is 2.43. The lowest BCUT2D eigenvalue weighted by molar-refractivity contribution is 0.0675. The van der Waals surface area contributed by atoms with Crippen LogP contribution in [-0.4, -0.2) is 44.9 Å². The maximum atomic E-state index is 11.5. The molecule has 0 saturated heterocycles. The van der Waals surface area contributed by atoms with Gasteiger partial charge in [-0.1, -0.05) is 6.42 Å². The molecule has 1 fully saturated rings. The van der Waals surface area contributed by atoms with Gasteiger partial charge >= 0.3 is 0 Å². The van der Waals surface area contributed by atoms with Crippen molar-refractivity contribution in [1.29, 1.82) is 0 Å². The summed E-state index contributed by atoms with van der Waals surface area (Å²) in [5.41, 5.74) is 0. The Bertz CT molecular complexity index is 312. The molecule has 1 aliphatic carbocycles. The molecular weight excluding hydrogens is 240 g/mol. The van der Waals surface area contributed by atoms with Crippen molar-refractivity contribution in [3.8, 4) is 0 Å². The second-order valence-electron chi connectivity index (χ2n) is 5.08. The van der Waals surface area contributed by atoms with Crippen LogP contribution in [0.5, 0.6) is 0 Å². The predicted octanol–water partition coefficient (Wildman–Crippen LogP) is 1.38. The minimum absolute atomic E-state index is 0.139. The summed E-state index contributed by atoms with van der Waals surface area (Å²) in [6, 6.07) is 0. The lowest BCUT2D eigenvalue weighted by Gasteiger charge is -2.31. The van der Waals surface area contributed by atoms with Gasteiger partial charge in [-0.25, -0.2) is 8.42 Å². The van der Waals surface area contributed by atoms with Crippen molar-refractivity contribution < 1.29 is 18.3 Å². The van der Waals surface area contributed by atoms with Crippen LogP contribution in [0.25, 0.3) is 0 Å². The fraction of sp³-hybridized carbons (Fsp3) is 1.00. The Morgan fingerprint density at radius 1 is 1.41 bits per heavy atom. The van der Waals surface area contributed by atoms with Crippen LogP contribution in [0.2, 0.25) is 0 Å². The molecule has 1 N–H and O–H groups in total. The number of ether oxygens (including phenoxy) is 1. The van der Waals surface area contributed by atoms with Gasteiger partial charge in [-0.2, -0.15) is 0 Å². The number of sulfone groups is 1. The van der Waals surface area contributed by atoms with E-state index >= 15 is 0 Å². The second kappa shape index (κ2) is 6.71. The molecule has 0 amide bonds. The molecule has 3 atom stereocenters. The predicted molar refractivity (Wildman–Crippen MR) is 67.7 cm³/mol. The highest BCUT2D eigenvalue weighted by Crippen LogP contribution is 2.31. The van der Waals surface area contributed by atoms with Gasteiger partial charge in [0, 0.05) is 20.0 Å². The molecule has 1 aliphatic rings. The van der Waals surface area contributed by atoms with Crippen LogP contribution in [0.3, 0.4) is 0 Å². The van der Waals surface area contributed by atoms with Gasteiger partial charge in [-0.15, -0.1) is 0 Å². The topological polar surface area (TPSA) is 63.6 Å². The summed E-state index contributed by atoms with van der Waals surface area (Å²) in [6.45, 7) is 0.652. The summed E-state index contributed by atoms with van der Waals surface area (Å²) in [5, 5.41) is 9.78. The molecule has 1 rings (SSSR count). The van der Waals surface area contributed by atoms with E-state index in [1.165, 1.54) is 6.26 Å². The summed E-state index contributed by atoms with van der Waals surface area (Å²) in [4.78, 5) is 0. The molecule has 0 heterocycles. The molecule has 0 aromatic heterocycles. The van der Waals surface area contributed by atoms with E-state index in [0.717, 1.165) is 25.7 Å². The van der Waals surface area contributed by atoms with Crippen LogP contribution < -0.4 is 0 Å². The number of aliphatic hydroxyl groups is 1. The maximum absolute atomic E-state index is 11.5. The zero-order valence-corrected chi connectivity index (χ0v) is 11.6. The molecule has 0 bridgehead atoms. The molecule has 17 heavy (non-hydrogen) atoms. The molecular formula is C12H24O4S. The molecule has 1 saturated carbocycles. The van der Waals surface area contributed by atoms with Crippen molar-refractivity contribution in [2.45, 2.75) is 49.9 Å². The maximum Gasteiger partial charge on any atom is 0.150 e. The molecule has 102 valence electrons. The van der Waals surface area contributed by atoms with E-state index in [9.17, 15) is 13.5 Å². The van der Waals surface area contributed by atoms with Crippen molar-refractivity contribution in [2.75, 3.05) is 20.0 Å². The average Bonchev–Trinajstić information content (AvgIpc) is 2.28. The highest BCUT2D eigenvalue weighted by molar-refractivity contribution is 7.91. The molecule has 0 aromatic carbocycles. The fourth-order valence-corrected chi connectivity index (χ4v) is 3.78. The van der Waals surface area contributed by atoms with Crippen molar-refractivity contribution in [1.82, 2.24) is 0 Å². The van der Waals surface area contributed by atoms with Gasteiger partial charge in [0.1, 0.15) is 9.84 Å². The van der Waals surface area contributed by atoms with Crippen LogP contribution in [0.4, 0.5) is 0 Å². The number of aliphatic hydroxyl groups excluding tert-OH is 1. The quantitative estimate of drug-likeness (QED) is 0.736. The van der Waals surface area contributed by atoms with Gasteiger partial charge in [0.25, 0.3) is 0 Å². The van der Waals surface area contributed by atoms with Gasteiger partial charge in [-0.05, 0) is 38.0 Å². The fourth-order valence-electron chi connectivity index (χ4n) is 2.59. The number of hydrogen-bond acceptors (Lipinski definition) is 4. The third-order valence-corrected chi connectivity index (χ3v) is 5.30. The summed E-state index contributed by atoms with van der Waals surface area (Å²) < 4.78 is 28.0. The lowest BCUT2D eigenvalue weighted by Crippen LogP contribution is -2.33. The zero-order valence-electron chi connectivity index (χ0n) is 10.8. The third kappa shape index (κ3) is 4.94. The van der Waals surface area contributed by atoms with Crippen LogP contribution >= 0.6 is 0 Å². The molecule has 3 unspecified atom stereocenters. The Morgan fingerprint density at radius 2 is 2.12 bits per heavy atom. The van der Waals surface area contributed by atoms with E-state index in [-0.39, 0.29) is 17.3 Å². The second-order valence-corrected chi connectivity index (χ2v) is 7.41. The molecule has 4 nitrogen and oxygen atoms in total. The SMILES string of the molecule is COCCCC(O)C1CCCC(S(C)(=O)=O)C1. The van der Waals surface area contributed by atoms with E-state index in [1.807, 2.05) is 0 Å². The molecule has 0 radical (unpaired) electrons. The van der Waals surface area contributed by atoms with E-state index in [0.29, 0.717) is 19.4 Å². The first-order valence-electron chi connectivity index (χ1n) is 6.31. The van der Waals surface area contributed by atoms with Crippen LogP contribution in [0.1, 0.15) is 38.5 Å². The molecule has 0 spiro atoms. The largest absolute Gasteiger partial charge is 0.393 e. The van der Waals surface area contributed by atoms with E-state index in [2.05, 4.69) is 0 Å². The van der Waals surface area contributed by atoms with Crippen molar-refractivity contribution in [2.24, 2.45) is 5.92 Å². The van der Waals surface area contributed by atoms with Crippen LogP contribution in [0, 0.1) is 5.92 Å². The summed E-state index contributed by atoms with van der Waals surface area (Å²) in [5.74, 6) is 0.139. The molecule has 5 heteroatoms. The van der Waals surface area contributed by atoms with Crippen LogP contribution in [-0.2, 0) is 14.6 Å². The van der Waals surface area contributed by atoms with Gasteiger partial charge in [-0.3, -0.25) is 0 Å². The van der Waals surface area contributed by atoms with Gasteiger partial charge in [0.05, 0.1) is 11.4 Å². The number of rotatable bonds is 6. The van der Waals surface area contributed by atoms with E-state index in [4.69, 9.17) is 4.74 Å². The smallest absolute Gasteiger partial charge is 0.150 e. The van der Waals surface area contributed by atoms with E-state index < -0.39 is 9.84 Å². The lowest BCUT2D eigenvalue weighted by atomic mass is 9.83. The summed E-state index contributed by atoms with van der Waals surface area (Å²) in [7, 11) is -1.31. The first-order valence-corrected chi connectivity index (χ1v) is 8.26. The normalized spacial score (nSPS) is 27.9. The highest BCUT2D eigenvalue weighted by atomic mass is 32.2. The number of hydrogen-bond donors (Lipinski definition) is 1. The number of methoxy groups -OCH3 is 1. The zero-order chi connectivity index (χ0) is 12.9. The molecule has 0 aromatic rings. The Morgan fingerprint density at radius 3 is 2.71 bits per heavy atom. The van der Waals surface area contributed by atoms with Gasteiger partial charge in [0.15, 0.2) is 0 Å². The molecule has 0 aliphatic heterocycles. The first-order chi connectivity index (χ1) is 7.95. The Hall–Kier alpha value is -0.130. The van der Waals surface area contributed by atoms with Crippen LogP contribution in [0.15, 0.2) is 0 Å². The van der Waals surface area contributed by atoms with Crippen molar-refractivity contribution >= 4 is 9.84 Å². The third-order valence-electron chi connectivity index (χ3n) is 3.66. The Kier molecular flexibility index (Phi) is 5.89. The van der Waals surface area contributed by atoms with Gasteiger partial charge in [0.2, 0.25) is 0 Å². The standard InChI is InChI=1S/C12H24O4S/c1-16-8-4-7-12(13)10-5-3-6-11(9-10)17(2,14)15/h10-13H,3-9H2,1-2H3. The van der Waals surface area contributed by atoms with Crippen molar-refractivity contribution in [3.63, 3.8) is 0 Å². The average molecular weight is 264 g/mol. The van der Waals surface area contributed by atoms with Crippen molar-refractivity contribution in [3.05, 3.63) is 0 Å². The Labute approximate surface area is 104 Å². The first kappa shape index (κ1) is 14.9. The van der Waals surface area contributed by atoms with Gasteiger partial charge < -0.3 is 9.84 Å². The monoisotopic (exact) mass is 264 g/mol. The summed E-state index contributed by atoms with van der Waals surface area (Å²) >= 11 is 0. The minimum atomic E-state index is -2.95.